The highest BCUT2D eigenvalue weighted by Crippen LogP contribution is 2.19. The topological polar surface area (TPSA) is 3.24 Å². The minimum atomic E-state index is 0.930. The van der Waals surface area contributed by atoms with Crippen molar-refractivity contribution in [2.45, 2.75) is 46.5 Å². The Kier molecular flexibility index (Phi) is 14.3. The summed E-state index contributed by atoms with van der Waals surface area (Å²) < 4.78 is 0. The third-order valence-corrected chi connectivity index (χ3v) is 4.82. The van der Waals surface area contributed by atoms with Gasteiger partial charge in [-0.05, 0) is 69.4 Å². The molecular weight excluding hydrogens is 374 g/mol. The average Bonchev–Trinajstić information content (AvgIpc) is 3.01. The van der Waals surface area contributed by atoms with Crippen LogP contribution in [0.4, 0.5) is 0 Å². The van der Waals surface area contributed by atoms with Gasteiger partial charge in [0.1, 0.15) is 0 Å². The molecule has 31 heavy (non-hydrogen) atoms. The molecule has 1 aliphatic rings. The molecule has 0 aromatic heterocycles. The van der Waals surface area contributed by atoms with E-state index in [1.807, 2.05) is 19.9 Å². The molecule has 1 aliphatic carbocycles. The van der Waals surface area contributed by atoms with Crippen LogP contribution in [-0.2, 0) is 0 Å². The molecule has 1 nitrogen and oxygen atoms in total. The standard InChI is InChI=1S/C30H39N/c1-6-9-11-12-17-27(4)24-26-31(5)25-14-13-18-28-19-15-21-30(23-22-28)29(16-8-3)20-10-7-2/h8-9,11-13,16-23H,4,6,14-15,24-26H2,1-3,5H3/b11-9-,16-8-,17-12-,18-13+,29-20+. The zero-order valence-corrected chi connectivity index (χ0v) is 19.9. The Morgan fingerprint density at radius 3 is 2.71 bits per heavy atom. The van der Waals surface area contributed by atoms with Crippen molar-refractivity contribution in [3.05, 3.63) is 108 Å². The predicted octanol–water partition coefficient (Wildman–Crippen LogP) is 7.67. The lowest BCUT2D eigenvalue weighted by molar-refractivity contribution is 0.346. The van der Waals surface area contributed by atoms with Crippen LogP contribution >= 0.6 is 0 Å². The predicted molar refractivity (Wildman–Crippen MR) is 140 cm³/mol. The minimum Gasteiger partial charge on any atom is -0.306 e. The van der Waals surface area contributed by atoms with Crippen molar-refractivity contribution in [1.82, 2.24) is 4.90 Å². The van der Waals surface area contributed by atoms with Crippen molar-refractivity contribution >= 4 is 0 Å². The molecule has 0 spiro atoms. The van der Waals surface area contributed by atoms with Gasteiger partial charge in [0.25, 0.3) is 0 Å². The summed E-state index contributed by atoms with van der Waals surface area (Å²) in [5.41, 5.74) is 4.82. The Labute approximate surface area is 191 Å². The molecule has 0 aromatic carbocycles. The zero-order valence-electron chi connectivity index (χ0n) is 19.9. The van der Waals surface area contributed by atoms with E-state index in [9.17, 15) is 0 Å². The highest BCUT2D eigenvalue weighted by molar-refractivity contribution is 5.52. The quantitative estimate of drug-likeness (QED) is 0.234. The summed E-state index contributed by atoms with van der Waals surface area (Å²) in [6.45, 7) is 12.3. The van der Waals surface area contributed by atoms with Gasteiger partial charge in [0.05, 0.1) is 0 Å². The number of rotatable bonds is 12. The average molecular weight is 414 g/mol. The summed E-state index contributed by atoms with van der Waals surface area (Å²) in [4.78, 5) is 2.37. The molecule has 0 fully saturated rings. The Morgan fingerprint density at radius 2 is 1.97 bits per heavy atom. The summed E-state index contributed by atoms with van der Waals surface area (Å²) in [7, 11) is 2.18. The lowest BCUT2D eigenvalue weighted by Gasteiger charge is -2.15. The largest absolute Gasteiger partial charge is 0.306 e. The van der Waals surface area contributed by atoms with E-state index in [4.69, 9.17) is 0 Å². The van der Waals surface area contributed by atoms with E-state index in [1.54, 1.807) is 0 Å². The molecule has 0 aliphatic heterocycles. The van der Waals surface area contributed by atoms with Gasteiger partial charge in [-0.25, -0.2) is 0 Å². The van der Waals surface area contributed by atoms with Crippen LogP contribution in [0.15, 0.2) is 108 Å². The van der Waals surface area contributed by atoms with Crippen molar-refractivity contribution in [3.63, 3.8) is 0 Å². The van der Waals surface area contributed by atoms with Crippen LogP contribution in [0.2, 0.25) is 0 Å². The molecule has 0 unspecified atom stereocenters. The van der Waals surface area contributed by atoms with Crippen LogP contribution in [-0.4, -0.2) is 25.0 Å². The van der Waals surface area contributed by atoms with Crippen LogP contribution < -0.4 is 0 Å². The van der Waals surface area contributed by atoms with Gasteiger partial charge in [-0.3, -0.25) is 0 Å². The van der Waals surface area contributed by atoms with Crippen LogP contribution in [0.5, 0.6) is 0 Å². The molecule has 0 N–H and O–H groups in total. The number of allylic oxidation sites excluding steroid dienone is 15. The Balaban J connectivity index is 2.45. The fraction of sp³-hybridized carbons (Fsp3) is 0.333. The molecule has 0 atom stereocenters. The molecule has 164 valence electrons. The van der Waals surface area contributed by atoms with Crippen molar-refractivity contribution in [2.24, 2.45) is 0 Å². The molecule has 1 heteroatoms. The van der Waals surface area contributed by atoms with Crippen molar-refractivity contribution in [2.75, 3.05) is 20.1 Å². The first-order chi connectivity index (χ1) is 15.1. The second-order valence-electron chi connectivity index (χ2n) is 7.52. The van der Waals surface area contributed by atoms with Crippen LogP contribution in [0.1, 0.15) is 46.5 Å². The highest BCUT2D eigenvalue weighted by Gasteiger charge is 2.01. The third kappa shape index (κ3) is 12.5. The maximum absolute atomic E-state index is 4.14. The van der Waals surface area contributed by atoms with Gasteiger partial charge in [0.2, 0.25) is 0 Å². The fourth-order valence-electron chi connectivity index (χ4n) is 2.99. The van der Waals surface area contributed by atoms with Gasteiger partial charge in [0.15, 0.2) is 0 Å². The van der Waals surface area contributed by atoms with E-state index in [2.05, 4.69) is 110 Å². The molecular formula is C30H39N. The van der Waals surface area contributed by atoms with Gasteiger partial charge < -0.3 is 4.90 Å². The molecule has 0 heterocycles. The first kappa shape index (κ1) is 26.2. The van der Waals surface area contributed by atoms with E-state index < -0.39 is 0 Å². The first-order valence-corrected chi connectivity index (χ1v) is 11.3. The molecule has 0 saturated carbocycles. The maximum atomic E-state index is 4.14. The molecule has 0 bridgehead atoms. The molecule has 0 radical (unpaired) electrons. The first-order valence-electron chi connectivity index (χ1n) is 11.3. The minimum absolute atomic E-state index is 0.930. The SMILES string of the molecule is C=C(/C=C\C=C/CC)CCN(C)CC/C=C/C1=CCC=C(C(/C=C\C)=C/C#CC)C=C1. The Hall–Kier alpha value is -2.82. The van der Waals surface area contributed by atoms with Crippen molar-refractivity contribution in [3.8, 4) is 11.8 Å². The fourth-order valence-corrected chi connectivity index (χ4v) is 2.99. The smallest absolute Gasteiger partial charge is 0.00187 e. The van der Waals surface area contributed by atoms with Crippen molar-refractivity contribution < 1.29 is 0 Å². The van der Waals surface area contributed by atoms with E-state index in [0.717, 1.165) is 44.3 Å². The Bertz CT molecular complexity index is 854. The van der Waals surface area contributed by atoms with Gasteiger partial charge in [-0.15, -0.1) is 5.92 Å². The summed E-state index contributed by atoms with van der Waals surface area (Å²) in [6.07, 6.45) is 32.0. The van der Waals surface area contributed by atoms with Crippen LogP contribution in [0, 0.1) is 11.8 Å². The molecule has 0 saturated heterocycles. The lowest BCUT2D eigenvalue weighted by atomic mass is 10.0. The van der Waals surface area contributed by atoms with Crippen molar-refractivity contribution in [1.29, 1.82) is 0 Å². The number of hydrogen-bond acceptors (Lipinski definition) is 1. The number of nitrogens with zero attached hydrogens (tertiary/aromatic N) is 1. The van der Waals surface area contributed by atoms with E-state index >= 15 is 0 Å². The second-order valence-corrected chi connectivity index (χ2v) is 7.52. The van der Waals surface area contributed by atoms with E-state index in [-0.39, 0.29) is 0 Å². The van der Waals surface area contributed by atoms with Gasteiger partial charge in [0, 0.05) is 13.1 Å². The molecule has 0 aromatic rings. The monoisotopic (exact) mass is 413 g/mol. The summed E-state index contributed by atoms with van der Waals surface area (Å²) in [5, 5.41) is 0. The maximum Gasteiger partial charge on any atom is 0.00187 e. The molecule has 0 amide bonds. The lowest BCUT2D eigenvalue weighted by Crippen LogP contribution is -2.20. The van der Waals surface area contributed by atoms with Gasteiger partial charge in [-0.2, -0.15) is 0 Å². The summed E-state index contributed by atoms with van der Waals surface area (Å²) >= 11 is 0. The second kappa shape index (κ2) is 16.9. The van der Waals surface area contributed by atoms with Gasteiger partial charge >= 0.3 is 0 Å². The highest BCUT2D eigenvalue weighted by atomic mass is 15.1. The zero-order chi connectivity index (χ0) is 22.7. The number of hydrogen-bond donors (Lipinski definition) is 0. The summed E-state index contributed by atoms with van der Waals surface area (Å²) in [5.74, 6) is 6.00. The van der Waals surface area contributed by atoms with Crippen LogP contribution in [0.3, 0.4) is 0 Å². The van der Waals surface area contributed by atoms with Gasteiger partial charge in [-0.1, -0.05) is 97.9 Å². The molecule has 1 rings (SSSR count). The normalized spacial score (nSPS) is 15.1. The third-order valence-electron chi connectivity index (χ3n) is 4.82. The van der Waals surface area contributed by atoms with Crippen LogP contribution in [0.25, 0.3) is 0 Å². The van der Waals surface area contributed by atoms with E-state index in [0.29, 0.717) is 0 Å². The summed E-state index contributed by atoms with van der Waals surface area (Å²) in [6, 6.07) is 0. The van der Waals surface area contributed by atoms with E-state index in [1.165, 1.54) is 16.7 Å². The Morgan fingerprint density at radius 1 is 1.13 bits per heavy atom.